The fourth-order valence-electron chi connectivity index (χ4n) is 6.04. The summed E-state index contributed by atoms with van der Waals surface area (Å²) in [6.45, 7) is 8.07. The average molecular weight is 640 g/mol. The summed E-state index contributed by atoms with van der Waals surface area (Å²) in [6, 6.07) is 8.07. The molecule has 2 amide bonds. The van der Waals surface area contributed by atoms with Crippen molar-refractivity contribution < 1.29 is 23.1 Å². The molecule has 238 valence electrons. The van der Waals surface area contributed by atoms with E-state index in [0.717, 1.165) is 18.4 Å². The number of fused-ring (bicyclic) bond motifs is 1. The second-order valence-corrected chi connectivity index (χ2v) is 11.9. The number of nitrogens with zero attached hydrogens (tertiary/aromatic N) is 5. The summed E-state index contributed by atoms with van der Waals surface area (Å²) < 4.78 is 35.7. The molecule has 1 atom stereocenters. The summed E-state index contributed by atoms with van der Waals surface area (Å²) in [6.07, 6.45) is 6.41. The van der Waals surface area contributed by atoms with E-state index in [4.69, 9.17) is 4.74 Å². The predicted molar refractivity (Wildman–Crippen MR) is 169 cm³/mol. The first-order valence-corrected chi connectivity index (χ1v) is 14.6. The quantitative estimate of drug-likeness (QED) is 0.307. The molecule has 0 radical (unpaired) electrons. The van der Waals surface area contributed by atoms with Crippen LogP contribution >= 0.6 is 12.4 Å². The summed E-state index contributed by atoms with van der Waals surface area (Å²) in [5, 5.41) is 6.66. The maximum absolute atomic E-state index is 14.8. The van der Waals surface area contributed by atoms with Crippen molar-refractivity contribution in [3.05, 3.63) is 71.7 Å². The first-order chi connectivity index (χ1) is 21.1. The molecule has 4 heterocycles. The second-order valence-electron chi connectivity index (χ2n) is 11.9. The average Bonchev–Trinajstić information content (AvgIpc) is 3.61. The summed E-state index contributed by atoms with van der Waals surface area (Å²) in [4.78, 5) is 38.9. The number of carbonyl (C=O) groups is 2. The molecule has 10 nitrogen and oxygen atoms in total. The number of rotatable bonds is 6. The van der Waals surface area contributed by atoms with Crippen molar-refractivity contribution in [1.82, 2.24) is 29.5 Å². The molecule has 2 N–H and O–H groups in total. The number of aryl methyl sites for hydroxylation is 1. The zero-order valence-corrected chi connectivity index (χ0v) is 26.4. The molecule has 13 heteroatoms. The van der Waals surface area contributed by atoms with Gasteiger partial charge in [-0.3, -0.25) is 14.0 Å². The number of anilines is 2. The molecule has 2 aromatic heterocycles. The van der Waals surface area contributed by atoms with E-state index in [1.165, 1.54) is 31.6 Å². The maximum Gasteiger partial charge on any atom is 0.254 e. The van der Waals surface area contributed by atoms with Crippen molar-refractivity contribution in [2.24, 2.45) is 0 Å². The number of nitrogens with one attached hydrogen (secondary N) is 2. The highest BCUT2D eigenvalue weighted by molar-refractivity contribution is 5.96. The van der Waals surface area contributed by atoms with Crippen LogP contribution in [0.15, 0.2) is 48.9 Å². The number of hydrogen-bond donors (Lipinski definition) is 2. The third kappa shape index (κ3) is 6.16. The minimum atomic E-state index is -1.07. The van der Waals surface area contributed by atoms with Gasteiger partial charge in [-0.2, -0.15) is 4.39 Å². The number of imidazole rings is 1. The molecule has 0 spiro atoms. The number of amides is 2. The summed E-state index contributed by atoms with van der Waals surface area (Å²) in [7, 11) is 1.28. The predicted octanol–water partition coefficient (Wildman–Crippen LogP) is 4.97. The van der Waals surface area contributed by atoms with Crippen LogP contribution in [0.5, 0.6) is 5.75 Å². The van der Waals surface area contributed by atoms with Crippen molar-refractivity contribution in [3.8, 4) is 17.0 Å². The topological polar surface area (TPSA) is 104 Å². The minimum Gasteiger partial charge on any atom is -0.494 e. The molecule has 0 aliphatic carbocycles. The largest absolute Gasteiger partial charge is 0.494 e. The van der Waals surface area contributed by atoms with Gasteiger partial charge in [-0.1, -0.05) is 0 Å². The number of hydrogen-bond acceptors (Lipinski definition) is 7. The van der Waals surface area contributed by atoms with Crippen LogP contribution in [0.2, 0.25) is 0 Å². The Morgan fingerprint density at radius 3 is 2.44 bits per heavy atom. The van der Waals surface area contributed by atoms with Gasteiger partial charge in [0.2, 0.25) is 11.7 Å². The molecular formula is C32H36ClF2N7O3. The van der Waals surface area contributed by atoms with Gasteiger partial charge in [0.1, 0.15) is 0 Å². The molecule has 2 fully saturated rings. The Hall–Kier alpha value is -4.29. The number of piperazine rings is 1. The van der Waals surface area contributed by atoms with Crippen LogP contribution in [0, 0.1) is 18.6 Å². The molecule has 6 rings (SSSR count). The van der Waals surface area contributed by atoms with Crippen molar-refractivity contribution >= 4 is 41.4 Å². The first kappa shape index (κ1) is 32.1. The Labute approximate surface area is 266 Å². The van der Waals surface area contributed by atoms with Gasteiger partial charge in [0, 0.05) is 60.9 Å². The lowest BCUT2D eigenvalue weighted by Gasteiger charge is -2.36. The van der Waals surface area contributed by atoms with Crippen LogP contribution in [0.1, 0.15) is 42.6 Å². The number of benzene rings is 2. The lowest BCUT2D eigenvalue weighted by atomic mass is 10.0. The Kier molecular flexibility index (Phi) is 8.99. The molecule has 2 aromatic carbocycles. The zero-order valence-electron chi connectivity index (χ0n) is 25.6. The fraction of sp³-hybridized carbons (Fsp3) is 0.375. The van der Waals surface area contributed by atoms with Crippen molar-refractivity contribution in [1.29, 1.82) is 0 Å². The van der Waals surface area contributed by atoms with E-state index < -0.39 is 11.6 Å². The summed E-state index contributed by atoms with van der Waals surface area (Å²) in [5.74, 6) is -1.83. The number of methoxy groups -OCH3 is 1. The van der Waals surface area contributed by atoms with Crippen LogP contribution in [-0.2, 0) is 4.79 Å². The van der Waals surface area contributed by atoms with Crippen LogP contribution in [0.4, 0.5) is 20.3 Å². The molecule has 2 aliphatic heterocycles. The lowest BCUT2D eigenvalue weighted by Crippen LogP contribution is -2.55. The van der Waals surface area contributed by atoms with E-state index in [-0.39, 0.29) is 47.1 Å². The highest BCUT2D eigenvalue weighted by Crippen LogP contribution is 2.32. The van der Waals surface area contributed by atoms with Gasteiger partial charge in [0.05, 0.1) is 25.0 Å². The van der Waals surface area contributed by atoms with Gasteiger partial charge in [-0.05, 0) is 69.5 Å². The SMILES string of the molecule is COc1ccc(-c2cnc3c(Nc4ccc(C(=O)N5CCN(C(=O)[C@@H]6CCC(C)(C)N6)CC5)c(C)c4)nccn23)c(F)c1F.Cl. The van der Waals surface area contributed by atoms with Crippen molar-refractivity contribution in [3.63, 3.8) is 0 Å². The highest BCUT2D eigenvalue weighted by Gasteiger charge is 2.37. The van der Waals surface area contributed by atoms with E-state index in [1.807, 2.05) is 17.9 Å². The first-order valence-electron chi connectivity index (χ1n) is 14.6. The smallest absolute Gasteiger partial charge is 0.254 e. The third-order valence-corrected chi connectivity index (χ3v) is 8.49. The summed E-state index contributed by atoms with van der Waals surface area (Å²) >= 11 is 0. The third-order valence-electron chi connectivity index (χ3n) is 8.49. The van der Waals surface area contributed by atoms with E-state index in [2.05, 4.69) is 34.4 Å². The van der Waals surface area contributed by atoms with Crippen LogP contribution in [0.3, 0.4) is 0 Å². The Bertz CT molecular complexity index is 1750. The zero-order chi connectivity index (χ0) is 31.2. The molecule has 0 unspecified atom stereocenters. The van der Waals surface area contributed by atoms with Crippen LogP contribution in [0.25, 0.3) is 16.9 Å². The second kappa shape index (κ2) is 12.6. The fourth-order valence-corrected chi connectivity index (χ4v) is 6.04. The van der Waals surface area contributed by atoms with E-state index in [1.54, 1.807) is 27.6 Å². The Balaban J connectivity index is 0.00000400. The maximum atomic E-state index is 14.8. The van der Waals surface area contributed by atoms with Gasteiger partial charge < -0.3 is 25.2 Å². The molecule has 2 aliphatic rings. The van der Waals surface area contributed by atoms with Gasteiger partial charge >= 0.3 is 0 Å². The van der Waals surface area contributed by atoms with Gasteiger partial charge in [0.15, 0.2) is 23.0 Å². The highest BCUT2D eigenvalue weighted by atomic mass is 35.5. The molecule has 0 bridgehead atoms. The van der Waals surface area contributed by atoms with E-state index >= 15 is 0 Å². The van der Waals surface area contributed by atoms with Crippen LogP contribution < -0.4 is 15.4 Å². The van der Waals surface area contributed by atoms with Gasteiger partial charge in [-0.25, -0.2) is 14.4 Å². The molecule has 4 aromatic rings. The minimum absolute atomic E-state index is 0. The normalized spacial score (nSPS) is 17.7. The molecule has 2 saturated heterocycles. The monoisotopic (exact) mass is 639 g/mol. The van der Waals surface area contributed by atoms with Crippen molar-refractivity contribution in [2.75, 3.05) is 38.6 Å². The van der Waals surface area contributed by atoms with Gasteiger partial charge in [0.25, 0.3) is 5.91 Å². The number of ether oxygens (including phenoxy) is 1. The Morgan fingerprint density at radius 2 is 1.78 bits per heavy atom. The van der Waals surface area contributed by atoms with Crippen LogP contribution in [-0.4, -0.2) is 80.9 Å². The van der Waals surface area contributed by atoms with E-state index in [9.17, 15) is 18.4 Å². The summed E-state index contributed by atoms with van der Waals surface area (Å²) in [5.41, 5.74) is 2.83. The Morgan fingerprint density at radius 1 is 1.04 bits per heavy atom. The lowest BCUT2D eigenvalue weighted by molar-refractivity contribution is -0.134. The molecular weight excluding hydrogens is 604 g/mol. The van der Waals surface area contributed by atoms with Gasteiger partial charge in [-0.15, -0.1) is 12.4 Å². The standard InChI is InChI=1S/C32H35F2N7O3.ClH/c1-19-17-20(5-6-21(19)30(42)39-13-15-40(16-14-39)31(43)23-9-10-32(2,3)38-23)37-28-29-36-18-24(41(29)12-11-35-28)22-7-8-25(44-4)27(34)26(22)33;/h5-8,11-12,17-18,23,38H,9-10,13-16H2,1-4H3,(H,35,37);1H/t23-;/m0./s1. The number of carbonyl (C=O) groups excluding carboxylic acids is 2. The number of aromatic nitrogens is 3. The molecule has 45 heavy (non-hydrogen) atoms. The van der Waals surface area contributed by atoms with E-state index in [0.29, 0.717) is 54.6 Å². The number of halogens is 3. The molecule has 0 saturated carbocycles. The van der Waals surface area contributed by atoms with Crippen molar-refractivity contribution in [2.45, 2.75) is 45.2 Å².